The van der Waals surface area contributed by atoms with Crippen LogP contribution in [0.15, 0.2) is 54.6 Å². The molecular weight excluding hydrogens is 1350 g/mol. The molecular formula is C65H90N12O25. The van der Waals surface area contributed by atoms with Gasteiger partial charge in [-0.05, 0) is 80.0 Å². The van der Waals surface area contributed by atoms with Crippen LogP contribution in [-0.2, 0) is 99.1 Å². The molecule has 0 saturated carbocycles. The quantitative estimate of drug-likeness (QED) is 0.0315. The first-order chi connectivity index (χ1) is 47.9. The summed E-state index contributed by atoms with van der Waals surface area (Å²) in [5.74, 6) is -23.7. The number of carboxylic acids is 6. The molecule has 0 aromatic heterocycles. The van der Waals surface area contributed by atoms with E-state index in [1.807, 2.05) is 0 Å². The topological polar surface area (TPSA) is 598 Å². The summed E-state index contributed by atoms with van der Waals surface area (Å²) < 4.78 is 0. The standard InChI is InChI=1S/C65H90N12O25/c1-6-33(4)54(76-58(94)41(22-27-51(87)88)69-55(91)38(19-24-48(81)82)70-59(95)43(29-35-11-8-7-9-12-35)74-60(96)45(31-52(89)90)67-34(5)78)64(100)77-28-10-13-46(77)62(98)71-40(21-26-50(85)86)56(92)68-39(20-25-49(83)84)57(93)73-44(30-36-14-16-37(79)17-15-36)61(97)75-53(32(2)3)63(99)72-42(65(101)102)18-23-47(66)80/h7-9,11-12,14-17,32-33,38-46,53-54,79H,6,10,13,18-31H2,1-5H3,(H2,66,80)(H,67,78)(H,68,92)(H,69,91)(H,70,95)(H,71,98)(H,72,99)(H,73,93)(H,74,96)(H,75,97)(H,76,94)(H,81,82)(H,83,84)(H,85,86)(H,87,88)(H,89,90)(H,101,102)/t33-,38-,39-,40-,41-,42-,43-,44-,45-,46-,53-,54-/m0/s1. The van der Waals surface area contributed by atoms with Gasteiger partial charge in [0.2, 0.25) is 70.9 Å². The van der Waals surface area contributed by atoms with Gasteiger partial charge in [-0.15, -0.1) is 0 Å². The second-order valence-electron chi connectivity index (χ2n) is 24.7. The number of hydrogen-bond donors (Lipinski definition) is 18. The highest BCUT2D eigenvalue weighted by molar-refractivity contribution is 6.00. The average molecular weight is 1440 g/mol. The van der Waals surface area contributed by atoms with Gasteiger partial charge in [0.15, 0.2) is 0 Å². The number of benzene rings is 2. The van der Waals surface area contributed by atoms with Crippen molar-refractivity contribution in [3.8, 4) is 5.75 Å². The van der Waals surface area contributed by atoms with Gasteiger partial charge in [-0.2, -0.15) is 0 Å². The van der Waals surface area contributed by atoms with Crippen molar-refractivity contribution in [2.75, 3.05) is 6.54 Å². The predicted octanol–water partition coefficient (Wildman–Crippen LogP) is -2.98. The molecule has 2 aromatic carbocycles. The number of amides is 12. The maximum atomic E-state index is 14.8. The minimum atomic E-state index is -1.89. The van der Waals surface area contributed by atoms with Crippen molar-refractivity contribution < 1.29 is 122 Å². The monoisotopic (exact) mass is 1440 g/mol. The predicted molar refractivity (Wildman–Crippen MR) is 352 cm³/mol. The normalized spacial score (nSPS) is 15.7. The van der Waals surface area contributed by atoms with Gasteiger partial charge in [-0.25, -0.2) is 4.79 Å². The van der Waals surface area contributed by atoms with Gasteiger partial charge in [-0.3, -0.25) is 81.5 Å². The van der Waals surface area contributed by atoms with Crippen LogP contribution in [-0.4, -0.2) is 220 Å². The average Bonchev–Trinajstić information content (AvgIpc) is 1.57. The number of aliphatic carboxylic acids is 6. The first-order valence-corrected chi connectivity index (χ1v) is 32.6. The zero-order valence-corrected chi connectivity index (χ0v) is 56.7. The summed E-state index contributed by atoms with van der Waals surface area (Å²) in [6, 6.07) is -5.56. The third kappa shape index (κ3) is 29.6. The molecule has 1 saturated heterocycles. The minimum absolute atomic E-state index is 0.107. The number of nitrogens with zero attached hydrogens (tertiary/aromatic N) is 1. The lowest BCUT2D eigenvalue weighted by molar-refractivity contribution is -0.144. The van der Waals surface area contributed by atoms with Crippen molar-refractivity contribution in [2.45, 2.75) is 204 Å². The van der Waals surface area contributed by atoms with Crippen molar-refractivity contribution in [1.82, 2.24) is 58.1 Å². The molecule has 1 aliphatic rings. The maximum Gasteiger partial charge on any atom is 0.326 e. The molecule has 1 heterocycles. The Morgan fingerprint density at radius 3 is 1.25 bits per heavy atom. The van der Waals surface area contributed by atoms with Gasteiger partial charge in [0.05, 0.1) is 6.42 Å². The summed E-state index contributed by atoms with van der Waals surface area (Å²) in [5.41, 5.74) is 5.88. The van der Waals surface area contributed by atoms with E-state index in [1.54, 1.807) is 37.3 Å². The Kier molecular flexibility index (Phi) is 34.9. The van der Waals surface area contributed by atoms with E-state index >= 15 is 0 Å². The molecule has 0 spiro atoms. The van der Waals surface area contributed by atoms with E-state index in [-0.39, 0.29) is 38.0 Å². The van der Waals surface area contributed by atoms with Gasteiger partial charge in [0, 0.05) is 58.4 Å². The van der Waals surface area contributed by atoms with Crippen LogP contribution in [0.1, 0.15) is 136 Å². The van der Waals surface area contributed by atoms with Crippen LogP contribution in [0, 0.1) is 11.8 Å². The number of nitrogens with one attached hydrogen (secondary N) is 10. The molecule has 0 unspecified atom stereocenters. The van der Waals surface area contributed by atoms with Gasteiger partial charge in [0.1, 0.15) is 72.2 Å². The van der Waals surface area contributed by atoms with E-state index in [4.69, 9.17) is 5.73 Å². The molecule has 19 N–H and O–H groups in total. The van der Waals surface area contributed by atoms with Crippen LogP contribution in [0.3, 0.4) is 0 Å². The van der Waals surface area contributed by atoms with Crippen molar-refractivity contribution in [3.05, 3.63) is 65.7 Å². The zero-order chi connectivity index (χ0) is 76.7. The van der Waals surface area contributed by atoms with Gasteiger partial charge in [0.25, 0.3) is 0 Å². The van der Waals surface area contributed by atoms with Crippen LogP contribution < -0.4 is 58.9 Å². The first-order valence-electron chi connectivity index (χ1n) is 32.6. The van der Waals surface area contributed by atoms with Gasteiger partial charge < -0.3 is 99.5 Å². The van der Waals surface area contributed by atoms with Crippen LogP contribution >= 0.6 is 0 Å². The molecule has 0 aliphatic carbocycles. The van der Waals surface area contributed by atoms with E-state index in [0.717, 1.165) is 11.8 Å². The lowest BCUT2D eigenvalue weighted by Crippen LogP contribution is -2.61. The Morgan fingerprint density at radius 1 is 0.451 bits per heavy atom. The summed E-state index contributed by atoms with van der Waals surface area (Å²) in [7, 11) is 0. The number of primary amides is 1. The number of carbonyl (C=O) groups excluding carboxylic acids is 12. The van der Waals surface area contributed by atoms with E-state index < -0.39 is 262 Å². The molecule has 0 radical (unpaired) electrons. The summed E-state index contributed by atoms with van der Waals surface area (Å²) in [4.78, 5) is 238. The summed E-state index contributed by atoms with van der Waals surface area (Å²) >= 11 is 0. The smallest absolute Gasteiger partial charge is 0.326 e. The van der Waals surface area contributed by atoms with Crippen molar-refractivity contribution in [2.24, 2.45) is 17.6 Å². The Morgan fingerprint density at radius 2 is 0.833 bits per heavy atom. The zero-order valence-electron chi connectivity index (χ0n) is 56.7. The third-order valence-corrected chi connectivity index (χ3v) is 16.3. The Labute approximate surface area is 584 Å². The number of likely N-dealkylation sites (tertiary alicyclic amines) is 1. The number of hydrogen-bond acceptors (Lipinski definition) is 19. The minimum Gasteiger partial charge on any atom is -0.508 e. The molecule has 3 rings (SSSR count). The Balaban J connectivity index is 1.98. The Bertz CT molecular complexity index is 3360. The second-order valence-corrected chi connectivity index (χ2v) is 24.7. The molecule has 12 atom stereocenters. The fourth-order valence-electron chi connectivity index (χ4n) is 10.6. The Hall–Kier alpha value is -11.3. The molecule has 102 heavy (non-hydrogen) atoms. The van der Waals surface area contributed by atoms with Crippen LogP contribution in [0.4, 0.5) is 0 Å². The number of phenolic OH excluding ortho intramolecular Hbond substituents is 1. The third-order valence-electron chi connectivity index (χ3n) is 16.3. The summed E-state index contributed by atoms with van der Waals surface area (Å²) in [6.07, 6.45) is -8.31. The summed E-state index contributed by atoms with van der Waals surface area (Å²) in [5, 5.41) is 91.6. The number of nitrogens with two attached hydrogens (primary N) is 1. The van der Waals surface area contributed by atoms with Crippen LogP contribution in [0.5, 0.6) is 5.75 Å². The molecule has 560 valence electrons. The largest absolute Gasteiger partial charge is 0.508 e. The van der Waals surface area contributed by atoms with Crippen molar-refractivity contribution in [3.63, 3.8) is 0 Å². The first kappa shape index (κ1) is 84.9. The van der Waals surface area contributed by atoms with E-state index in [1.165, 1.54) is 45.0 Å². The number of carboxylic acid groups (broad SMARTS) is 6. The number of aromatic hydroxyl groups is 1. The molecule has 37 heteroatoms. The molecule has 2 aromatic rings. The SMILES string of the molecule is CC[C@H](C)[C@H](NC(=O)[C@H](CCC(=O)O)NC(=O)[C@H](CCC(=O)O)NC(=O)[C@H](Cc1ccccc1)NC(=O)[C@H](CC(=O)O)NC(C)=O)C(=O)N1CCC[C@H]1C(=O)N[C@@H](CCC(=O)O)C(=O)N[C@@H](CCC(=O)O)C(=O)N[C@@H](Cc1ccc(O)cc1)C(=O)N[C@H](C(=O)N[C@@H](CCC(N)=O)C(=O)O)C(C)C. The lowest BCUT2D eigenvalue weighted by atomic mass is 9.96. The molecule has 1 aliphatic heterocycles. The fourth-order valence-corrected chi connectivity index (χ4v) is 10.6. The van der Waals surface area contributed by atoms with Crippen LogP contribution in [0.25, 0.3) is 0 Å². The van der Waals surface area contributed by atoms with E-state index in [0.29, 0.717) is 11.1 Å². The van der Waals surface area contributed by atoms with Gasteiger partial charge >= 0.3 is 35.8 Å². The molecule has 1 fully saturated rings. The van der Waals surface area contributed by atoms with Crippen molar-refractivity contribution in [1.29, 1.82) is 0 Å². The molecule has 37 nitrogen and oxygen atoms in total. The lowest BCUT2D eigenvalue weighted by Gasteiger charge is -2.33. The van der Waals surface area contributed by atoms with Crippen LogP contribution in [0.2, 0.25) is 0 Å². The fraction of sp³-hybridized carbons (Fsp3) is 0.538. The maximum absolute atomic E-state index is 14.8. The number of rotatable bonds is 45. The highest BCUT2D eigenvalue weighted by Crippen LogP contribution is 2.23. The highest BCUT2D eigenvalue weighted by atomic mass is 16.4. The second kappa shape index (κ2) is 42.0. The number of carbonyl (C=O) groups is 18. The number of phenols is 1. The van der Waals surface area contributed by atoms with E-state index in [9.17, 15) is 122 Å². The van der Waals surface area contributed by atoms with E-state index in [2.05, 4.69) is 53.2 Å². The molecule has 0 bridgehead atoms. The van der Waals surface area contributed by atoms with Crippen molar-refractivity contribution >= 4 is 107 Å². The highest BCUT2D eigenvalue weighted by Gasteiger charge is 2.43. The molecule has 12 amide bonds. The van der Waals surface area contributed by atoms with Gasteiger partial charge in [-0.1, -0.05) is 76.6 Å². The summed E-state index contributed by atoms with van der Waals surface area (Å²) in [6.45, 7) is 6.94.